The lowest BCUT2D eigenvalue weighted by molar-refractivity contribution is -0.128. The minimum absolute atomic E-state index is 0.132. The van der Waals surface area contributed by atoms with Gasteiger partial charge in [0.15, 0.2) is 5.78 Å². The van der Waals surface area contributed by atoms with Gasteiger partial charge >= 0.3 is 0 Å². The number of carbonyl (C=O) groups is 3. The molecule has 3 rings (SSSR count). The molecule has 1 atom stereocenters. The molecule has 154 valence electrons. The van der Waals surface area contributed by atoms with E-state index in [0.29, 0.717) is 5.70 Å². The van der Waals surface area contributed by atoms with Crippen LogP contribution < -0.4 is 10.6 Å². The van der Waals surface area contributed by atoms with Crippen molar-refractivity contribution in [2.45, 2.75) is 57.9 Å². The molecule has 0 aliphatic heterocycles. The Kier molecular flexibility index (Phi) is 6.56. The number of ketones is 1. The molecule has 0 radical (unpaired) electrons. The lowest BCUT2D eigenvalue weighted by Gasteiger charge is -2.22. The molecule has 2 aliphatic carbocycles. The van der Waals surface area contributed by atoms with Crippen molar-refractivity contribution in [1.29, 1.82) is 0 Å². The van der Waals surface area contributed by atoms with E-state index in [9.17, 15) is 23.2 Å². The number of hydrogen-bond acceptors (Lipinski definition) is 3. The third kappa shape index (κ3) is 5.37. The highest BCUT2D eigenvalue weighted by atomic mass is 19.1. The Morgan fingerprint density at radius 2 is 1.76 bits per heavy atom. The standard InChI is InChI=1S/C22H24F2N2O3/c1-13(25-20(28)11-14-9-16(23)12-17(24)10-14)22(29)26-21-18-6-4-2-3-5-15(18)7-8-19(21)27/h7,9-10,12-13H,2-6,8,11H2,1H3,(H,25,28)(H,26,29)/t13-/m0/s1. The summed E-state index contributed by atoms with van der Waals surface area (Å²) < 4.78 is 26.5. The van der Waals surface area contributed by atoms with Crippen molar-refractivity contribution in [3.05, 3.63) is 58.3 Å². The quantitative estimate of drug-likeness (QED) is 0.794. The normalized spacial score (nSPS) is 17.8. The van der Waals surface area contributed by atoms with Gasteiger partial charge in [-0.3, -0.25) is 14.4 Å². The van der Waals surface area contributed by atoms with Crippen LogP contribution in [0.2, 0.25) is 0 Å². The van der Waals surface area contributed by atoms with E-state index in [2.05, 4.69) is 10.6 Å². The Bertz CT molecular complexity index is 885. The van der Waals surface area contributed by atoms with Gasteiger partial charge in [0.05, 0.1) is 12.1 Å². The third-order valence-corrected chi connectivity index (χ3v) is 5.18. The molecule has 29 heavy (non-hydrogen) atoms. The Morgan fingerprint density at radius 1 is 1.07 bits per heavy atom. The lowest BCUT2D eigenvalue weighted by atomic mass is 9.90. The van der Waals surface area contributed by atoms with Gasteiger partial charge in [0, 0.05) is 12.5 Å². The van der Waals surface area contributed by atoms with E-state index in [0.717, 1.165) is 61.4 Å². The first-order valence-corrected chi connectivity index (χ1v) is 9.84. The molecule has 7 heteroatoms. The van der Waals surface area contributed by atoms with E-state index in [1.807, 2.05) is 6.08 Å². The van der Waals surface area contributed by atoms with Crippen molar-refractivity contribution in [1.82, 2.24) is 10.6 Å². The first-order valence-electron chi connectivity index (χ1n) is 9.84. The topological polar surface area (TPSA) is 75.3 Å². The zero-order chi connectivity index (χ0) is 21.0. The van der Waals surface area contributed by atoms with Crippen LogP contribution in [0, 0.1) is 11.6 Å². The molecular formula is C22H24F2N2O3. The van der Waals surface area contributed by atoms with Gasteiger partial charge in [0.2, 0.25) is 11.8 Å². The Morgan fingerprint density at radius 3 is 2.48 bits per heavy atom. The molecule has 5 nitrogen and oxygen atoms in total. The number of carbonyl (C=O) groups excluding carboxylic acids is 3. The molecule has 1 aromatic carbocycles. The van der Waals surface area contributed by atoms with E-state index >= 15 is 0 Å². The number of allylic oxidation sites excluding steroid dienone is 4. The smallest absolute Gasteiger partial charge is 0.246 e. The summed E-state index contributed by atoms with van der Waals surface area (Å²) in [7, 11) is 0. The highest BCUT2D eigenvalue weighted by Gasteiger charge is 2.26. The van der Waals surface area contributed by atoms with Crippen LogP contribution in [-0.4, -0.2) is 23.6 Å². The highest BCUT2D eigenvalue weighted by Crippen LogP contribution is 2.33. The summed E-state index contributed by atoms with van der Waals surface area (Å²) in [6, 6.07) is 1.96. The van der Waals surface area contributed by atoms with Crippen LogP contribution >= 0.6 is 0 Å². The van der Waals surface area contributed by atoms with Gasteiger partial charge in [-0.2, -0.15) is 0 Å². The number of halogens is 2. The maximum atomic E-state index is 13.3. The molecule has 2 N–H and O–H groups in total. The fourth-order valence-electron chi connectivity index (χ4n) is 3.74. The molecular weight excluding hydrogens is 378 g/mol. The molecule has 0 bridgehead atoms. The molecule has 0 saturated heterocycles. The number of benzene rings is 1. The van der Waals surface area contributed by atoms with E-state index in [1.54, 1.807) is 0 Å². The summed E-state index contributed by atoms with van der Waals surface area (Å²) >= 11 is 0. The maximum Gasteiger partial charge on any atom is 0.246 e. The van der Waals surface area contributed by atoms with Gasteiger partial charge in [-0.15, -0.1) is 0 Å². The zero-order valence-corrected chi connectivity index (χ0v) is 16.3. The molecule has 2 aliphatic rings. The molecule has 1 saturated carbocycles. The highest BCUT2D eigenvalue weighted by molar-refractivity contribution is 6.03. The Balaban J connectivity index is 1.64. The Labute approximate surface area is 168 Å². The second-order valence-electron chi connectivity index (χ2n) is 7.50. The minimum Gasteiger partial charge on any atom is -0.344 e. The first-order chi connectivity index (χ1) is 13.8. The predicted octanol–water partition coefficient (Wildman–Crippen LogP) is 3.25. The maximum absolute atomic E-state index is 13.3. The second-order valence-corrected chi connectivity index (χ2v) is 7.50. The van der Waals surface area contributed by atoms with Crippen LogP contribution in [0.3, 0.4) is 0 Å². The summed E-state index contributed by atoms with van der Waals surface area (Å²) in [4.78, 5) is 37.1. The average molecular weight is 402 g/mol. The van der Waals surface area contributed by atoms with E-state index < -0.39 is 29.5 Å². The van der Waals surface area contributed by atoms with Gasteiger partial charge in [-0.25, -0.2) is 8.78 Å². The number of rotatable bonds is 5. The van der Waals surface area contributed by atoms with E-state index in [-0.39, 0.29) is 24.2 Å². The molecule has 1 fully saturated rings. The number of amides is 2. The van der Waals surface area contributed by atoms with Crippen LogP contribution in [0.25, 0.3) is 0 Å². The Hall–Kier alpha value is -2.83. The van der Waals surface area contributed by atoms with Crippen LogP contribution in [0.4, 0.5) is 8.78 Å². The first kappa shape index (κ1) is 20.9. The van der Waals surface area contributed by atoms with E-state index in [4.69, 9.17) is 0 Å². The van der Waals surface area contributed by atoms with Crippen molar-refractivity contribution >= 4 is 17.6 Å². The largest absolute Gasteiger partial charge is 0.344 e. The summed E-state index contributed by atoms with van der Waals surface area (Å²) in [5.74, 6) is -2.71. The fraction of sp³-hybridized carbons (Fsp3) is 0.409. The van der Waals surface area contributed by atoms with Gasteiger partial charge in [0.1, 0.15) is 17.7 Å². The summed E-state index contributed by atoms with van der Waals surface area (Å²) in [6.07, 6.45) is 6.73. The average Bonchev–Trinajstić information content (AvgIpc) is 2.88. The number of Topliss-reactive ketones (excluding diaryl/α,β-unsaturated/α-hetero) is 1. The number of fused-ring (bicyclic) bond motifs is 1. The van der Waals surface area contributed by atoms with Crippen molar-refractivity contribution in [3.8, 4) is 0 Å². The summed E-state index contributed by atoms with van der Waals surface area (Å²) in [5.41, 5.74) is 2.54. The van der Waals surface area contributed by atoms with Crippen molar-refractivity contribution in [3.63, 3.8) is 0 Å². The number of nitrogens with one attached hydrogen (secondary N) is 2. The molecule has 0 aromatic heterocycles. The van der Waals surface area contributed by atoms with Crippen LogP contribution in [-0.2, 0) is 20.8 Å². The second kappa shape index (κ2) is 9.11. The van der Waals surface area contributed by atoms with Gasteiger partial charge in [-0.1, -0.05) is 12.5 Å². The number of hydrogen-bond donors (Lipinski definition) is 2. The molecule has 0 unspecified atom stereocenters. The minimum atomic E-state index is -0.901. The summed E-state index contributed by atoms with van der Waals surface area (Å²) in [5, 5.41) is 5.21. The SMILES string of the molecule is C[C@H](NC(=O)Cc1cc(F)cc(F)c1)C(=O)NC1=C2CCCCCC2=CCC1=O. The van der Waals surface area contributed by atoms with Gasteiger partial charge < -0.3 is 10.6 Å². The van der Waals surface area contributed by atoms with Crippen LogP contribution in [0.1, 0.15) is 51.0 Å². The van der Waals surface area contributed by atoms with Crippen molar-refractivity contribution < 1.29 is 23.2 Å². The molecule has 1 aromatic rings. The lowest BCUT2D eigenvalue weighted by Crippen LogP contribution is -2.46. The summed E-state index contributed by atoms with van der Waals surface area (Å²) in [6.45, 7) is 1.50. The van der Waals surface area contributed by atoms with Crippen LogP contribution in [0.5, 0.6) is 0 Å². The predicted molar refractivity (Wildman–Crippen MR) is 104 cm³/mol. The van der Waals surface area contributed by atoms with Gasteiger partial charge in [-0.05, 0) is 61.4 Å². The van der Waals surface area contributed by atoms with E-state index in [1.165, 1.54) is 6.92 Å². The molecule has 0 heterocycles. The monoisotopic (exact) mass is 402 g/mol. The van der Waals surface area contributed by atoms with Crippen molar-refractivity contribution in [2.75, 3.05) is 0 Å². The van der Waals surface area contributed by atoms with Gasteiger partial charge in [0.25, 0.3) is 0 Å². The van der Waals surface area contributed by atoms with Crippen LogP contribution in [0.15, 0.2) is 41.1 Å². The van der Waals surface area contributed by atoms with Crippen molar-refractivity contribution in [2.24, 2.45) is 0 Å². The fourth-order valence-corrected chi connectivity index (χ4v) is 3.74. The molecule has 2 amide bonds. The zero-order valence-electron chi connectivity index (χ0n) is 16.3. The molecule has 0 spiro atoms. The third-order valence-electron chi connectivity index (χ3n) is 5.18.